The molecule has 0 amide bonds. The van der Waals surface area contributed by atoms with E-state index in [1.165, 1.54) is 0 Å². The minimum atomic E-state index is -0.626. The van der Waals surface area contributed by atoms with Crippen molar-refractivity contribution < 1.29 is 19.1 Å². The van der Waals surface area contributed by atoms with Gasteiger partial charge in [-0.25, -0.2) is 4.79 Å². The summed E-state index contributed by atoms with van der Waals surface area (Å²) in [6.45, 7) is 5.62. The van der Waals surface area contributed by atoms with Gasteiger partial charge < -0.3 is 14.5 Å². The zero-order chi connectivity index (χ0) is 19.4. The standard InChI is InChI=1S/C22H23NO4/c1-22(2,3)27-21(25)20-17(16-11-7-8-12-18(16)23-20)13-19(24)26-14-15-9-5-4-6-10-15/h4-12,23H,13-14H2,1-3H3. The lowest BCUT2D eigenvalue weighted by atomic mass is 10.1. The van der Waals surface area contributed by atoms with Gasteiger partial charge >= 0.3 is 11.9 Å². The molecule has 0 unspecified atom stereocenters. The highest BCUT2D eigenvalue weighted by Gasteiger charge is 2.25. The van der Waals surface area contributed by atoms with Gasteiger partial charge in [-0.05, 0) is 32.4 Å². The van der Waals surface area contributed by atoms with Gasteiger partial charge in [0, 0.05) is 16.5 Å². The van der Waals surface area contributed by atoms with Gasteiger partial charge in [0.1, 0.15) is 17.9 Å². The molecule has 0 saturated heterocycles. The summed E-state index contributed by atoms with van der Waals surface area (Å²) in [4.78, 5) is 28.1. The van der Waals surface area contributed by atoms with E-state index < -0.39 is 17.5 Å². The van der Waals surface area contributed by atoms with E-state index >= 15 is 0 Å². The molecule has 27 heavy (non-hydrogen) atoms. The molecule has 3 aromatic rings. The fourth-order valence-corrected chi connectivity index (χ4v) is 2.82. The van der Waals surface area contributed by atoms with Crippen LogP contribution in [-0.4, -0.2) is 22.5 Å². The van der Waals surface area contributed by atoms with Gasteiger partial charge in [0.25, 0.3) is 0 Å². The summed E-state index contributed by atoms with van der Waals surface area (Å²) in [5.74, 6) is -0.877. The van der Waals surface area contributed by atoms with Gasteiger partial charge in [0.15, 0.2) is 0 Å². The highest BCUT2D eigenvalue weighted by atomic mass is 16.6. The number of esters is 2. The number of hydrogen-bond donors (Lipinski definition) is 1. The predicted molar refractivity (Wildman–Crippen MR) is 103 cm³/mol. The van der Waals surface area contributed by atoms with Gasteiger partial charge in [-0.3, -0.25) is 4.79 Å². The van der Waals surface area contributed by atoms with Crippen molar-refractivity contribution >= 4 is 22.8 Å². The number of ether oxygens (including phenoxy) is 2. The Morgan fingerprint density at radius 3 is 2.33 bits per heavy atom. The van der Waals surface area contributed by atoms with Gasteiger partial charge in [-0.2, -0.15) is 0 Å². The predicted octanol–water partition coefficient (Wildman–Crippen LogP) is 4.41. The molecule has 1 aromatic heterocycles. The summed E-state index contributed by atoms with van der Waals surface area (Å²) in [7, 11) is 0. The number of H-pyrrole nitrogens is 1. The Balaban J connectivity index is 1.82. The summed E-state index contributed by atoms with van der Waals surface area (Å²) < 4.78 is 10.9. The second kappa shape index (κ2) is 7.66. The summed E-state index contributed by atoms with van der Waals surface area (Å²) >= 11 is 0. The molecular weight excluding hydrogens is 342 g/mol. The minimum absolute atomic E-state index is 0.00851. The van der Waals surface area contributed by atoms with Crippen LogP contribution in [0.3, 0.4) is 0 Å². The number of benzene rings is 2. The van der Waals surface area contributed by atoms with Crippen LogP contribution in [0, 0.1) is 0 Å². The average molecular weight is 365 g/mol. The molecule has 0 saturated carbocycles. The molecule has 0 spiro atoms. The first-order valence-corrected chi connectivity index (χ1v) is 8.86. The first-order chi connectivity index (χ1) is 12.8. The molecule has 0 aliphatic heterocycles. The third kappa shape index (κ3) is 4.76. The maximum absolute atomic E-state index is 12.6. The normalized spacial score (nSPS) is 11.4. The van der Waals surface area contributed by atoms with Crippen LogP contribution >= 0.6 is 0 Å². The first kappa shape index (κ1) is 18.7. The van der Waals surface area contributed by atoms with E-state index in [0.29, 0.717) is 11.3 Å². The van der Waals surface area contributed by atoms with Gasteiger partial charge in [0.05, 0.1) is 6.42 Å². The van der Waals surface area contributed by atoms with Crippen molar-refractivity contribution in [2.75, 3.05) is 0 Å². The molecule has 0 bridgehead atoms. The van der Waals surface area contributed by atoms with Crippen LogP contribution in [0.4, 0.5) is 0 Å². The van der Waals surface area contributed by atoms with E-state index in [2.05, 4.69) is 4.98 Å². The second-order valence-electron chi connectivity index (χ2n) is 7.35. The molecule has 3 rings (SSSR count). The van der Waals surface area contributed by atoms with E-state index in [-0.39, 0.29) is 13.0 Å². The van der Waals surface area contributed by atoms with Gasteiger partial charge in [-0.1, -0.05) is 48.5 Å². The zero-order valence-corrected chi connectivity index (χ0v) is 15.7. The van der Waals surface area contributed by atoms with Crippen LogP contribution in [0.2, 0.25) is 0 Å². The van der Waals surface area contributed by atoms with Gasteiger partial charge in [0.2, 0.25) is 0 Å². The maximum atomic E-state index is 12.6. The van der Waals surface area contributed by atoms with Crippen molar-refractivity contribution in [1.29, 1.82) is 0 Å². The molecule has 2 aromatic carbocycles. The van der Waals surface area contributed by atoms with Crippen LogP contribution in [0.15, 0.2) is 54.6 Å². The highest BCUT2D eigenvalue weighted by Crippen LogP contribution is 2.25. The summed E-state index contributed by atoms with van der Waals surface area (Å²) in [6.07, 6.45) is -0.00851. The highest BCUT2D eigenvalue weighted by molar-refractivity contribution is 6.00. The number of nitrogens with one attached hydrogen (secondary N) is 1. The molecule has 1 heterocycles. The number of hydrogen-bond acceptors (Lipinski definition) is 4. The largest absolute Gasteiger partial charge is 0.461 e. The number of carbonyl (C=O) groups excluding carboxylic acids is 2. The lowest BCUT2D eigenvalue weighted by Crippen LogP contribution is -2.25. The van der Waals surface area contributed by atoms with Crippen molar-refractivity contribution in [3.63, 3.8) is 0 Å². The molecule has 1 N–H and O–H groups in total. The Morgan fingerprint density at radius 1 is 0.963 bits per heavy atom. The van der Waals surface area contributed by atoms with Gasteiger partial charge in [-0.15, -0.1) is 0 Å². The molecule has 0 aliphatic carbocycles. The maximum Gasteiger partial charge on any atom is 0.355 e. The fraction of sp³-hybridized carbons (Fsp3) is 0.273. The van der Waals surface area contributed by atoms with Crippen LogP contribution in [0.1, 0.15) is 42.4 Å². The molecular formula is C22H23NO4. The topological polar surface area (TPSA) is 68.4 Å². The number of rotatable bonds is 5. The Hall–Kier alpha value is -3.08. The molecule has 140 valence electrons. The lowest BCUT2D eigenvalue weighted by Gasteiger charge is -2.19. The van der Waals surface area contributed by atoms with E-state index in [1.807, 2.05) is 54.6 Å². The lowest BCUT2D eigenvalue weighted by molar-refractivity contribution is -0.144. The number of para-hydroxylation sites is 1. The molecule has 0 atom stereocenters. The minimum Gasteiger partial charge on any atom is -0.461 e. The van der Waals surface area contributed by atoms with E-state index in [0.717, 1.165) is 16.5 Å². The smallest absolute Gasteiger partial charge is 0.355 e. The summed E-state index contributed by atoms with van der Waals surface area (Å²) in [5, 5.41) is 0.815. The van der Waals surface area contributed by atoms with Crippen molar-refractivity contribution in [3.8, 4) is 0 Å². The SMILES string of the molecule is CC(C)(C)OC(=O)c1[nH]c2ccccc2c1CC(=O)OCc1ccccc1. The molecule has 0 radical (unpaired) electrons. The molecule has 0 fully saturated rings. The Kier molecular flexibility index (Phi) is 5.31. The number of aromatic nitrogens is 1. The van der Waals surface area contributed by atoms with Crippen LogP contribution in [0.5, 0.6) is 0 Å². The third-order valence-corrected chi connectivity index (χ3v) is 3.98. The average Bonchev–Trinajstić information content (AvgIpc) is 2.98. The third-order valence-electron chi connectivity index (χ3n) is 3.98. The zero-order valence-electron chi connectivity index (χ0n) is 15.7. The fourth-order valence-electron chi connectivity index (χ4n) is 2.82. The molecule has 5 heteroatoms. The Labute approximate surface area is 158 Å². The van der Waals surface area contributed by atoms with Crippen molar-refractivity contribution in [2.45, 2.75) is 39.4 Å². The molecule has 0 aliphatic rings. The Bertz CT molecular complexity index is 951. The van der Waals surface area contributed by atoms with Crippen molar-refractivity contribution in [2.24, 2.45) is 0 Å². The van der Waals surface area contributed by atoms with E-state index in [1.54, 1.807) is 20.8 Å². The summed E-state index contributed by atoms with van der Waals surface area (Å²) in [6, 6.07) is 17.0. The van der Waals surface area contributed by atoms with Crippen LogP contribution in [-0.2, 0) is 27.3 Å². The number of carbonyl (C=O) groups is 2. The van der Waals surface area contributed by atoms with Crippen LogP contribution in [0.25, 0.3) is 10.9 Å². The number of aromatic amines is 1. The molecule has 5 nitrogen and oxygen atoms in total. The van der Waals surface area contributed by atoms with E-state index in [9.17, 15) is 9.59 Å². The first-order valence-electron chi connectivity index (χ1n) is 8.86. The van der Waals surface area contributed by atoms with Crippen molar-refractivity contribution in [3.05, 3.63) is 71.4 Å². The van der Waals surface area contributed by atoms with Crippen LogP contribution < -0.4 is 0 Å². The number of fused-ring (bicyclic) bond motifs is 1. The van der Waals surface area contributed by atoms with E-state index in [4.69, 9.17) is 9.47 Å². The quantitative estimate of drug-likeness (QED) is 0.680. The van der Waals surface area contributed by atoms with Crippen molar-refractivity contribution in [1.82, 2.24) is 4.98 Å². The second-order valence-corrected chi connectivity index (χ2v) is 7.35. The Morgan fingerprint density at radius 2 is 1.63 bits per heavy atom. The monoisotopic (exact) mass is 365 g/mol. The summed E-state index contributed by atoms with van der Waals surface area (Å²) in [5.41, 5.74) is 1.96.